The Morgan fingerprint density at radius 2 is 2.19 bits per heavy atom. The van der Waals surface area contributed by atoms with Crippen LogP contribution in [0.25, 0.3) is 0 Å². The molecule has 0 radical (unpaired) electrons. The van der Waals surface area contributed by atoms with E-state index < -0.39 is 0 Å². The smallest absolute Gasteiger partial charge is 0.222 e. The molecule has 0 aromatic rings. The predicted octanol–water partition coefficient (Wildman–Crippen LogP) is 0.671. The fourth-order valence-electron chi connectivity index (χ4n) is 2.50. The van der Waals surface area contributed by atoms with E-state index in [1.54, 1.807) is 0 Å². The van der Waals surface area contributed by atoms with Gasteiger partial charge in [0.2, 0.25) is 5.91 Å². The van der Waals surface area contributed by atoms with Gasteiger partial charge in [-0.15, -0.1) is 0 Å². The van der Waals surface area contributed by atoms with Gasteiger partial charge in [-0.25, -0.2) is 0 Å². The third kappa shape index (κ3) is 3.76. The molecule has 1 saturated heterocycles. The van der Waals surface area contributed by atoms with E-state index >= 15 is 0 Å². The van der Waals surface area contributed by atoms with E-state index in [0.29, 0.717) is 12.3 Å². The number of hydrogen-bond acceptors (Lipinski definition) is 3. The number of carbonyl (C=O) groups excluding carboxylic acids is 1. The quantitative estimate of drug-likeness (QED) is 0.741. The van der Waals surface area contributed by atoms with Crippen LogP contribution >= 0.6 is 0 Å². The van der Waals surface area contributed by atoms with Crippen molar-refractivity contribution >= 4 is 5.91 Å². The molecule has 0 aromatic heterocycles. The highest BCUT2D eigenvalue weighted by molar-refractivity contribution is 5.76. The van der Waals surface area contributed by atoms with Gasteiger partial charge in [-0.05, 0) is 18.8 Å². The predicted molar refractivity (Wildman–Crippen MR) is 62.2 cm³/mol. The van der Waals surface area contributed by atoms with Gasteiger partial charge in [0.25, 0.3) is 0 Å². The number of nitrogens with one attached hydrogen (secondary N) is 2. The third-order valence-corrected chi connectivity index (χ3v) is 3.48. The topological polar surface area (TPSA) is 50.4 Å². The summed E-state index contributed by atoms with van der Waals surface area (Å²) in [5.74, 6) is 0.856. The number of rotatable bonds is 4. The zero-order valence-electron chi connectivity index (χ0n) is 9.84. The maximum absolute atomic E-state index is 11.6. The highest BCUT2D eigenvalue weighted by atomic mass is 16.5. The zero-order chi connectivity index (χ0) is 11.2. The Balaban J connectivity index is 1.59. The van der Waals surface area contributed by atoms with Crippen molar-refractivity contribution in [2.45, 2.75) is 38.2 Å². The summed E-state index contributed by atoms with van der Waals surface area (Å²) in [7, 11) is 0. The average molecular weight is 226 g/mol. The lowest BCUT2D eigenvalue weighted by Crippen LogP contribution is -2.41. The van der Waals surface area contributed by atoms with Crippen LogP contribution in [0.2, 0.25) is 0 Å². The van der Waals surface area contributed by atoms with Gasteiger partial charge in [-0.3, -0.25) is 4.79 Å². The van der Waals surface area contributed by atoms with Gasteiger partial charge in [0.1, 0.15) is 0 Å². The summed E-state index contributed by atoms with van der Waals surface area (Å²) in [5, 5.41) is 6.26. The van der Waals surface area contributed by atoms with E-state index in [2.05, 4.69) is 10.6 Å². The minimum Gasteiger partial charge on any atom is -0.375 e. The van der Waals surface area contributed by atoms with Crippen LogP contribution in [-0.2, 0) is 9.53 Å². The summed E-state index contributed by atoms with van der Waals surface area (Å²) in [4.78, 5) is 11.6. The van der Waals surface area contributed by atoms with E-state index in [4.69, 9.17) is 4.74 Å². The molecular formula is C12H22N2O2. The van der Waals surface area contributed by atoms with Crippen molar-refractivity contribution in [1.82, 2.24) is 10.6 Å². The molecule has 1 aliphatic heterocycles. The van der Waals surface area contributed by atoms with E-state index in [-0.39, 0.29) is 12.0 Å². The SMILES string of the molecule is O=C(CC1CNCCO1)NCC1CCCC1. The van der Waals surface area contributed by atoms with Crippen molar-refractivity contribution in [1.29, 1.82) is 0 Å². The zero-order valence-corrected chi connectivity index (χ0v) is 9.84. The second-order valence-corrected chi connectivity index (χ2v) is 4.86. The van der Waals surface area contributed by atoms with E-state index in [0.717, 1.165) is 26.2 Å². The molecule has 1 unspecified atom stereocenters. The summed E-state index contributed by atoms with van der Waals surface area (Å²) in [5.41, 5.74) is 0. The van der Waals surface area contributed by atoms with Crippen LogP contribution in [0.15, 0.2) is 0 Å². The normalized spacial score (nSPS) is 26.9. The number of hydrogen-bond donors (Lipinski definition) is 2. The molecule has 1 heterocycles. The molecule has 0 spiro atoms. The van der Waals surface area contributed by atoms with Crippen molar-refractivity contribution in [2.75, 3.05) is 26.2 Å². The molecule has 0 aromatic carbocycles. The lowest BCUT2D eigenvalue weighted by molar-refractivity contribution is -0.124. The molecule has 0 bridgehead atoms. The second kappa shape index (κ2) is 6.21. The molecular weight excluding hydrogens is 204 g/mol. The number of ether oxygens (including phenoxy) is 1. The van der Waals surface area contributed by atoms with Crippen LogP contribution in [-0.4, -0.2) is 38.3 Å². The second-order valence-electron chi connectivity index (χ2n) is 4.86. The van der Waals surface area contributed by atoms with Crippen LogP contribution in [0.5, 0.6) is 0 Å². The summed E-state index contributed by atoms with van der Waals surface area (Å²) in [6.07, 6.45) is 5.78. The maximum atomic E-state index is 11.6. The minimum atomic E-state index is 0.0670. The lowest BCUT2D eigenvalue weighted by atomic mass is 10.1. The molecule has 4 nitrogen and oxygen atoms in total. The van der Waals surface area contributed by atoms with Crippen molar-refractivity contribution in [3.05, 3.63) is 0 Å². The summed E-state index contributed by atoms with van der Waals surface area (Å²) in [6.45, 7) is 3.29. The Kier molecular flexibility index (Phi) is 4.60. The Morgan fingerprint density at radius 3 is 2.88 bits per heavy atom. The van der Waals surface area contributed by atoms with Gasteiger partial charge in [0.15, 0.2) is 0 Å². The Bertz CT molecular complexity index is 221. The van der Waals surface area contributed by atoms with Gasteiger partial charge >= 0.3 is 0 Å². The molecule has 2 aliphatic rings. The molecule has 2 fully saturated rings. The minimum absolute atomic E-state index is 0.0670. The van der Waals surface area contributed by atoms with Crippen molar-refractivity contribution < 1.29 is 9.53 Å². The van der Waals surface area contributed by atoms with Gasteiger partial charge in [0.05, 0.1) is 19.1 Å². The molecule has 4 heteroatoms. The van der Waals surface area contributed by atoms with Crippen LogP contribution in [0.1, 0.15) is 32.1 Å². The summed E-state index contributed by atoms with van der Waals surface area (Å²) >= 11 is 0. The number of amides is 1. The standard InChI is InChI=1S/C12H22N2O2/c15-12(7-11-9-13-5-6-16-11)14-8-10-3-1-2-4-10/h10-11,13H,1-9H2,(H,14,15). The number of carbonyl (C=O) groups is 1. The molecule has 1 aliphatic carbocycles. The molecule has 1 saturated carbocycles. The molecule has 16 heavy (non-hydrogen) atoms. The monoisotopic (exact) mass is 226 g/mol. The van der Waals surface area contributed by atoms with Crippen LogP contribution in [0.4, 0.5) is 0 Å². The van der Waals surface area contributed by atoms with Gasteiger partial charge in [-0.2, -0.15) is 0 Å². The summed E-state index contributed by atoms with van der Waals surface area (Å²) < 4.78 is 5.50. The molecule has 2 N–H and O–H groups in total. The fourth-order valence-corrected chi connectivity index (χ4v) is 2.50. The Hall–Kier alpha value is -0.610. The van der Waals surface area contributed by atoms with Crippen molar-refractivity contribution in [2.24, 2.45) is 5.92 Å². The van der Waals surface area contributed by atoms with Gasteiger partial charge in [-0.1, -0.05) is 12.8 Å². The van der Waals surface area contributed by atoms with E-state index in [9.17, 15) is 4.79 Å². The first-order valence-corrected chi connectivity index (χ1v) is 6.43. The summed E-state index contributed by atoms with van der Waals surface area (Å²) in [6, 6.07) is 0. The highest BCUT2D eigenvalue weighted by Crippen LogP contribution is 2.23. The fraction of sp³-hybridized carbons (Fsp3) is 0.917. The number of morpholine rings is 1. The Labute approximate surface area is 97.1 Å². The van der Waals surface area contributed by atoms with Gasteiger partial charge < -0.3 is 15.4 Å². The van der Waals surface area contributed by atoms with Crippen LogP contribution in [0, 0.1) is 5.92 Å². The van der Waals surface area contributed by atoms with E-state index in [1.807, 2.05) is 0 Å². The Morgan fingerprint density at radius 1 is 1.38 bits per heavy atom. The molecule has 1 atom stereocenters. The third-order valence-electron chi connectivity index (χ3n) is 3.48. The highest BCUT2D eigenvalue weighted by Gasteiger charge is 2.19. The van der Waals surface area contributed by atoms with Crippen LogP contribution < -0.4 is 10.6 Å². The van der Waals surface area contributed by atoms with Gasteiger partial charge in [0, 0.05) is 19.6 Å². The molecule has 1 amide bonds. The van der Waals surface area contributed by atoms with E-state index in [1.165, 1.54) is 25.7 Å². The van der Waals surface area contributed by atoms with Crippen LogP contribution in [0.3, 0.4) is 0 Å². The van der Waals surface area contributed by atoms with Crippen molar-refractivity contribution in [3.8, 4) is 0 Å². The van der Waals surface area contributed by atoms with Crippen molar-refractivity contribution in [3.63, 3.8) is 0 Å². The first-order valence-electron chi connectivity index (χ1n) is 6.43. The first-order chi connectivity index (χ1) is 7.84. The average Bonchev–Trinajstić information content (AvgIpc) is 2.81. The first kappa shape index (κ1) is 11.9. The maximum Gasteiger partial charge on any atom is 0.222 e. The largest absolute Gasteiger partial charge is 0.375 e. The lowest BCUT2D eigenvalue weighted by Gasteiger charge is -2.23. The molecule has 92 valence electrons. The molecule has 2 rings (SSSR count).